The molecule has 0 aromatic heterocycles. The van der Waals surface area contributed by atoms with Crippen LogP contribution in [0, 0.1) is 10.1 Å². The number of nitro benzene ring substituents is 1. The topological polar surface area (TPSA) is 81.5 Å². The molecule has 1 N–H and O–H groups in total. The fourth-order valence-corrected chi connectivity index (χ4v) is 2.13. The number of benzene rings is 2. The molecule has 0 radical (unpaired) electrons. The molecule has 0 unspecified atom stereocenters. The van der Waals surface area contributed by atoms with E-state index in [1.165, 1.54) is 12.1 Å². The molecule has 108 valence electrons. The molecule has 0 saturated heterocycles. The zero-order valence-electron chi connectivity index (χ0n) is 10.8. The van der Waals surface area contributed by atoms with Crippen LogP contribution in [0.25, 0.3) is 0 Å². The van der Waals surface area contributed by atoms with Gasteiger partial charge in [0.05, 0.1) is 10.6 Å². The van der Waals surface area contributed by atoms with Gasteiger partial charge in [0.15, 0.2) is 0 Å². The van der Waals surface area contributed by atoms with Crippen LogP contribution in [0.5, 0.6) is 0 Å². The molecule has 7 heteroatoms. The van der Waals surface area contributed by atoms with Gasteiger partial charge in [-0.1, -0.05) is 36.4 Å². The minimum atomic E-state index is -0.681. The molecular weight excluding hydrogens is 340 g/mol. The molecule has 0 aliphatic rings. The first-order valence-electron chi connectivity index (χ1n) is 5.98. The van der Waals surface area contributed by atoms with Crippen LogP contribution in [-0.2, 0) is 11.3 Å². The SMILES string of the molecule is O=C(Nc1cccc([N+](=O)[O-])c1Br)OCc1ccccc1. The van der Waals surface area contributed by atoms with Gasteiger partial charge in [-0.25, -0.2) is 4.79 Å². The van der Waals surface area contributed by atoms with E-state index in [0.717, 1.165) is 5.56 Å². The summed E-state index contributed by atoms with van der Waals surface area (Å²) in [5.74, 6) is 0. The number of rotatable bonds is 4. The molecule has 2 aromatic carbocycles. The molecule has 0 aliphatic carbocycles. The minimum Gasteiger partial charge on any atom is -0.444 e. The number of carbonyl (C=O) groups excluding carboxylic acids is 1. The molecule has 0 saturated carbocycles. The van der Waals surface area contributed by atoms with Crippen LogP contribution in [0.3, 0.4) is 0 Å². The van der Waals surface area contributed by atoms with Crippen LogP contribution < -0.4 is 5.32 Å². The van der Waals surface area contributed by atoms with Gasteiger partial charge in [0.25, 0.3) is 5.69 Å². The Morgan fingerprint density at radius 2 is 1.90 bits per heavy atom. The Morgan fingerprint density at radius 1 is 1.19 bits per heavy atom. The van der Waals surface area contributed by atoms with E-state index in [2.05, 4.69) is 21.2 Å². The highest BCUT2D eigenvalue weighted by atomic mass is 79.9. The number of nitro groups is 1. The highest BCUT2D eigenvalue weighted by molar-refractivity contribution is 9.10. The Bertz CT molecular complexity index is 661. The van der Waals surface area contributed by atoms with Gasteiger partial charge in [-0.2, -0.15) is 0 Å². The number of halogens is 1. The number of hydrogen-bond acceptors (Lipinski definition) is 4. The minimum absolute atomic E-state index is 0.124. The average molecular weight is 351 g/mol. The molecule has 0 atom stereocenters. The zero-order valence-corrected chi connectivity index (χ0v) is 12.4. The lowest BCUT2D eigenvalue weighted by atomic mass is 10.2. The third-order valence-corrected chi connectivity index (χ3v) is 3.46. The number of carbonyl (C=O) groups is 1. The second-order valence-corrected chi connectivity index (χ2v) is 4.88. The highest BCUT2D eigenvalue weighted by Gasteiger charge is 2.16. The van der Waals surface area contributed by atoms with E-state index in [9.17, 15) is 14.9 Å². The summed E-state index contributed by atoms with van der Waals surface area (Å²) >= 11 is 3.09. The van der Waals surface area contributed by atoms with Crippen LogP contribution in [0.4, 0.5) is 16.2 Å². The maximum absolute atomic E-state index is 11.7. The standard InChI is InChI=1S/C14H11BrN2O4/c15-13-11(7-4-8-12(13)17(19)20)16-14(18)21-9-10-5-2-1-3-6-10/h1-8H,9H2,(H,16,18). The van der Waals surface area contributed by atoms with E-state index in [1.807, 2.05) is 30.3 Å². The van der Waals surface area contributed by atoms with Gasteiger partial charge in [-0.3, -0.25) is 15.4 Å². The predicted octanol–water partition coefficient (Wildman–Crippen LogP) is 4.11. The molecule has 0 spiro atoms. The lowest BCUT2D eigenvalue weighted by molar-refractivity contribution is -0.385. The van der Waals surface area contributed by atoms with Crippen LogP contribution in [-0.4, -0.2) is 11.0 Å². The van der Waals surface area contributed by atoms with E-state index in [0.29, 0.717) is 0 Å². The highest BCUT2D eigenvalue weighted by Crippen LogP contribution is 2.32. The Balaban J connectivity index is 2.00. The summed E-state index contributed by atoms with van der Waals surface area (Å²) in [6.45, 7) is 0.124. The van der Waals surface area contributed by atoms with Gasteiger partial charge in [-0.05, 0) is 27.6 Å². The summed E-state index contributed by atoms with van der Waals surface area (Å²) in [5.41, 5.74) is 1.00. The average Bonchev–Trinajstić information content (AvgIpc) is 2.48. The van der Waals surface area contributed by atoms with Crippen molar-refractivity contribution >= 4 is 33.4 Å². The van der Waals surface area contributed by atoms with Crippen LogP contribution >= 0.6 is 15.9 Å². The van der Waals surface area contributed by atoms with Gasteiger partial charge in [0.1, 0.15) is 11.1 Å². The largest absolute Gasteiger partial charge is 0.444 e. The number of amides is 1. The Labute approximate surface area is 129 Å². The van der Waals surface area contributed by atoms with Crippen molar-refractivity contribution in [3.63, 3.8) is 0 Å². The van der Waals surface area contributed by atoms with Crippen LogP contribution in [0.15, 0.2) is 53.0 Å². The van der Waals surface area contributed by atoms with E-state index in [-0.39, 0.29) is 22.5 Å². The smallest absolute Gasteiger partial charge is 0.411 e. The maximum Gasteiger partial charge on any atom is 0.411 e. The van der Waals surface area contributed by atoms with Gasteiger partial charge in [0, 0.05) is 6.07 Å². The van der Waals surface area contributed by atoms with E-state index in [4.69, 9.17) is 4.74 Å². The molecule has 0 bridgehead atoms. The summed E-state index contributed by atoms with van der Waals surface area (Å²) < 4.78 is 5.25. The lowest BCUT2D eigenvalue weighted by Gasteiger charge is -2.08. The van der Waals surface area contributed by atoms with Gasteiger partial charge in [-0.15, -0.1) is 0 Å². The summed E-state index contributed by atoms with van der Waals surface area (Å²) in [4.78, 5) is 22.0. The molecule has 0 fully saturated rings. The van der Waals surface area contributed by atoms with Crippen molar-refractivity contribution in [1.29, 1.82) is 0 Å². The molecule has 21 heavy (non-hydrogen) atoms. The van der Waals surface area contributed by atoms with Crippen LogP contribution in [0.1, 0.15) is 5.56 Å². The summed E-state index contributed by atoms with van der Waals surface area (Å²) in [7, 11) is 0. The molecule has 2 aromatic rings. The zero-order chi connectivity index (χ0) is 15.2. The third-order valence-electron chi connectivity index (χ3n) is 2.62. The molecular formula is C14H11BrN2O4. The van der Waals surface area contributed by atoms with Crippen molar-refractivity contribution < 1.29 is 14.5 Å². The van der Waals surface area contributed by atoms with Crippen molar-refractivity contribution in [2.75, 3.05) is 5.32 Å². The second-order valence-electron chi connectivity index (χ2n) is 4.08. The number of hydrogen-bond donors (Lipinski definition) is 1. The first-order valence-corrected chi connectivity index (χ1v) is 6.78. The van der Waals surface area contributed by atoms with Crippen molar-refractivity contribution in [2.24, 2.45) is 0 Å². The van der Waals surface area contributed by atoms with Crippen molar-refractivity contribution in [2.45, 2.75) is 6.61 Å². The molecule has 0 aliphatic heterocycles. The van der Waals surface area contributed by atoms with Gasteiger partial charge < -0.3 is 4.74 Å². The lowest BCUT2D eigenvalue weighted by Crippen LogP contribution is -2.14. The maximum atomic E-state index is 11.7. The Hall–Kier alpha value is -2.41. The van der Waals surface area contributed by atoms with Gasteiger partial charge in [0.2, 0.25) is 0 Å². The fraction of sp³-hybridized carbons (Fsp3) is 0.0714. The number of anilines is 1. The van der Waals surface area contributed by atoms with Crippen LogP contribution in [0.2, 0.25) is 0 Å². The van der Waals surface area contributed by atoms with Crippen molar-refractivity contribution in [3.8, 4) is 0 Å². The Kier molecular flexibility index (Phi) is 4.89. The van der Waals surface area contributed by atoms with Crippen molar-refractivity contribution in [3.05, 3.63) is 68.7 Å². The molecule has 1 amide bonds. The third kappa shape index (κ3) is 4.03. The normalized spacial score (nSPS) is 9.95. The Morgan fingerprint density at radius 3 is 2.57 bits per heavy atom. The molecule has 2 rings (SSSR count). The van der Waals surface area contributed by atoms with E-state index >= 15 is 0 Å². The summed E-state index contributed by atoms with van der Waals surface area (Å²) in [5, 5.41) is 13.3. The van der Waals surface area contributed by atoms with Gasteiger partial charge >= 0.3 is 6.09 Å². The quantitative estimate of drug-likeness (QED) is 0.664. The number of nitrogens with one attached hydrogen (secondary N) is 1. The first kappa shape index (κ1) is 15.0. The van der Waals surface area contributed by atoms with E-state index < -0.39 is 11.0 Å². The predicted molar refractivity (Wildman–Crippen MR) is 81.0 cm³/mol. The second kappa shape index (κ2) is 6.85. The number of nitrogens with zero attached hydrogens (tertiary/aromatic N) is 1. The molecule has 0 heterocycles. The monoisotopic (exact) mass is 350 g/mol. The van der Waals surface area contributed by atoms with Crippen molar-refractivity contribution in [1.82, 2.24) is 0 Å². The number of ether oxygens (including phenoxy) is 1. The first-order chi connectivity index (χ1) is 10.1. The fourth-order valence-electron chi connectivity index (χ4n) is 1.63. The summed E-state index contributed by atoms with van der Waals surface area (Å²) in [6.07, 6.45) is -0.681. The molecule has 6 nitrogen and oxygen atoms in total. The summed E-state index contributed by atoms with van der Waals surface area (Å²) in [6, 6.07) is 13.6. The van der Waals surface area contributed by atoms with E-state index in [1.54, 1.807) is 6.07 Å².